The molecule has 0 bridgehead atoms. The Morgan fingerprint density at radius 2 is 1.00 bits per heavy atom. The molecule has 0 saturated carbocycles. The fraction of sp³-hybridized carbons (Fsp3) is 0. The molecule has 0 fully saturated rings. The van der Waals surface area contributed by atoms with Gasteiger partial charge in [-0.05, 0) is 0 Å². The second-order valence-electron chi connectivity index (χ2n) is 0. The zero-order chi connectivity index (χ0) is 0. The van der Waals surface area contributed by atoms with Gasteiger partial charge in [0.15, 0.2) is 0 Å². The molecule has 2 N–H and O–H groups in total. The van der Waals surface area contributed by atoms with Crippen molar-refractivity contribution < 1.29 is 57.9 Å². The van der Waals surface area contributed by atoms with Crippen molar-refractivity contribution in [3.8, 4) is 0 Å². The largest absolute Gasteiger partial charge is 0.412 e. The molecule has 0 aromatic carbocycles. The molecule has 0 unspecified atom stereocenters. The van der Waals surface area contributed by atoms with Gasteiger partial charge in [0.25, 0.3) is 0 Å². The third-order valence-corrected chi connectivity index (χ3v) is 0. The predicted octanol–water partition coefficient (Wildman–Crippen LogP) is -1.21. The van der Waals surface area contributed by atoms with E-state index in [4.69, 9.17) is 0 Å². The van der Waals surface area contributed by atoms with E-state index in [1.165, 1.54) is 0 Å². The van der Waals surface area contributed by atoms with E-state index >= 15 is 0 Å². The summed E-state index contributed by atoms with van der Waals surface area (Å²) in [6, 6.07) is 0. The third kappa shape index (κ3) is 9.00. The molecule has 0 heterocycles. The minimum Gasteiger partial charge on any atom is -0.412 e. The zero-order valence-electron chi connectivity index (χ0n) is 2.41. The van der Waals surface area contributed by atoms with Crippen molar-refractivity contribution >= 4 is 51.4 Å². The van der Waals surface area contributed by atoms with Crippen molar-refractivity contribution in [1.29, 1.82) is 0 Å². The quantitative estimate of drug-likeness (QED) is 0.486. The predicted molar refractivity (Wildman–Crippen MR) is 9.37 cm³/mol. The van der Waals surface area contributed by atoms with E-state index in [2.05, 4.69) is 0 Å². The summed E-state index contributed by atoms with van der Waals surface area (Å²) in [5.41, 5.74) is 0. The fourth-order valence-corrected chi connectivity index (χ4v) is 0. The van der Waals surface area contributed by atoms with Crippen LogP contribution in [0.2, 0.25) is 0 Å². The maximum atomic E-state index is 0. The van der Waals surface area contributed by atoms with Gasteiger partial charge < -0.3 is 5.48 Å². The van der Waals surface area contributed by atoms with Crippen molar-refractivity contribution in [2.24, 2.45) is 0 Å². The molecule has 0 aromatic rings. The minimum absolute atomic E-state index is 0. The molecule has 0 aliphatic heterocycles. The normalized spacial score (nSPS) is 0. The molecule has 0 aromatic heterocycles. The van der Waals surface area contributed by atoms with Gasteiger partial charge >= 0.3 is 0 Å². The number of hydrogen-bond donors (Lipinski definition) is 0. The molecule has 0 amide bonds. The van der Waals surface area contributed by atoms with Gasteiger partial charge in [-0.15, -0.1) is 0 Å². The molecule has 0 aliphatic rings. The maximum Gasteiger partial charge on any atom is 0 e. The minimum atomic E-state index is 0. The van der Waals surface area contributed by atoms with Crippen molar-refractivity contribution in [1.82, 2.24) is 0 Å². The summed E-state index contributed by atoms with van der Waals surface area (Å²) in [4.78, 5) is 0. The van der Waals surface area contributed by atoms with Crippen LogP contribution in [0, 0.1) is 35.6 Å². The molecular weight excluding hydrogens is 253 g/mol. The van der Waals surface area contributed by atoms with E-state index in [1.54, 1.807) is 0 Å². The summed E-state index contributed by atoms with van der Waals surface area (Å²) in [7, 11) is 0. The fourth-order valence-electron chi connectivity index (χ4n) is 0. The van der Waals surface area contributed by atoms with Gasteiger partial charge in [0.1, 0.15) is 0 Å². The first-order valence-electron chi connectivity index (χ1n) is 0. The molecule has 3 radical (unpaired) electrons. The Hall–Kier alpha value is 3.30. The Bertz CT molecular complexity index is 8.00. The van der Waals surface area contributed by atoms with Crippen LogP contribution in [0.25, 0.3) is 0 Å². The van der Waals surface area contributed by atoms with Gasteiger partial charge in [-0.3, -0.25) is 0 Å². The summed E-state index contributed by atoms with van der Waals surface area (Å²) in [5, 5.41) is 0. The monoisotopic (exact) mass is 255 g/mol. The van der Waals surface area contributed by atoms with E-state index in [0.29, 0.717) is 0 Å². The average molecular weight is 255 g/mol. The van der Waals surface area contributed by atoms with E-state index in [-0.39, 0.29) is 109 Å². The van der Waals surface area contributed by atoms with Crippen LogP contribution in [0.5, 0.6) is 0 Å². The molecule has 0 atom stereocenters. The third-order valence-electron chi connectivity index (χ3n) is 0. The zero-order valence-corrected chi connectivity index (χ0v) is 10.2. The van der Waals surface area contributed by atoms with Crippen molar-refractivity contribution in [3.63, 3.8) is 0 Å². The smallest absolute Gasteiger partial charge is 0 e. The van der Waals surface area contributed by atoms with Crippen LogP contribution in [-0.4, -0.2) is 56.9 Å². The van der Waals surface area contributed by atoms with Crippen LogP contribution in [0.3, 0.4) is 0 Å². The van der Waals surface area contributed by atoms with Gasteiger partial charge in [0.2, 0.25) is 0 Å². The summed E-state index contributed by atoms with van der Waals surface area (Å²) >= 11 is 0. The van der Waals surface area contributed by atoms with Gasteiger partial charge in [-0.25, -0.2) is 0 Å². The second kappa shape index (κ2) is 16.3. The van der Waals surface area contributed by atoms with Gasteiger partial charge in [0.05, 0.1) is 0 Å². The number of rotatable bonds is 0. The molecule has 21 valence electrons. The van der Waals surface area contributed by atoms with E-state index in [1.807, 2.05) is 0 Å². The second-order valence-corrected chi connectivity index (χ2v) is 0. The van der Waals surface area contributed by atoms with Gasteiger partial charge in [-0.2, -0.15) is 0 Å². The molecule has 0 spiro atoms. The standard InChI is InChI=1S/Co.K.La.H2O/h;;;1H2. The van der Waals surface area contributed by atoms with Crippen LogP contribution < -0.4 is 0 Å². The Kier molecular flexibility index (Phi) is 108. The van der Waals surface area contributed by atoms with Gasteiger partial charge in [-0.1, -0.05) is 0 Å². The van der Waals surface area contributed by atoms with Gasteiger partial charge in [0, 0.05) is 104 Å². The SMILES string of the molecule is O.[Co].[K].[La]. The first kappa shape index (κ1) is 26.6. The Labute approximate surface area is 106 Å². The summed E-state index contributed by atoms with van der Waals surface area (Å²) in [6.45, 7) is 0. The van der Waals surface area contributed by atoms with Crippen LogP contribution in [0.1, 0.15) is 0 Å². The average Bonchev–Trinajstić information content (AvgIpc) is 0. The van der Waals surface area contributed by atoms with Crippen LogP contribution in [0.15, 0.2) is 0 Å². The van der Waals surface area contributed by atoms with E-state index in [9.17, 15) is 0 Å². The topological polar surface area (TPSA) is 31.5 Å². The van der Waals surface area contributed by atoms with Crippen molar-refractivity contribution in [2.45, 2.75) is 0 Å². The molecule has 4 heteroatoms. The van der Waals surface area contributed by atoms with Crippen LogP contribution in [-0.2, 0) is 16.8 Å². The van der Waals surface area contributed by atoms with Crippen molar-refractivity contribution in [2.75, 3.05) is 0 Å². The summed E-state index contributed by atoms with van der Waals surface area (Å²) < 4.78 is 0. The molecule has 0 rings (SSSR count). The van der Waals surface area contributed by atoms with E-state index < -0.39 is 0 Å². The molecule has 1 nitrogen and oxygen atoms in total. The molecule has 0 aliphatic carbocycles. The summed E-state index contributed by atoms with van der Waals surface area (Å²) in [6.07, 6.45) is 0. The summed E-state index contributed by atoms with van der Waals surface area (Å²) in [5.74, 6) is 0. The maximum absolute atomic E-state index is 0. The Morgan fingerprint density at radius 1 is 1.00 bits per heavy atom. The first-order valence-corrected chi connectivity index (χ1v) is 0. The Balaban J connectivity index is 0. The first-order chi connectivity index (χ1) is 0. The van der Waals surface area contributed by atoms with E-state index in [0.717, 1.165) is 0 Å². The van der Waals surface area contributed by atoms with Crippen LogP contribution in [0.4, 0.5) is 0 Å². The van der Waals surface area contributed by atoms with Crippen molar-refractivity contribution in [3.05, 3.63) is 0 Å². The number of hydrogen-bond acceptors (Lipinski definition) is 0. The molecular formula is H2CoKLaO. The molecule has 4 heavy (non-hydrogen) atoms. The van der Waals surface area contributed by atoms with Crippen LogP contribution >= 0.6 is 0 Å². The Morgan fingerprint density at radius 3 is 1.00 bits per heavy atom. The molecule has 0 saturated heterocycles.